The first-order valence-corrected chi connectivity index (χ1v) is 4.61. The molecule has 0 saturated carbocycles. The molecule has 4 N–H and O–H groups in total. The molecule has 76 valence electrons. The van der Waals surface area contributed by atoms with E-state index in [4.69, 9.17) is 11.5 Å². The topological polar surface area (TPSA) is 69.1 Å². The minimum absolute atomic E-state index is 0.199. The Bertz CT molecular complexity index is 347. The van der Waals surface area contributed by atoms with Crippen molar-refractivity contribution in [3.8, 4) is 0 Å². The fraction of sp³-hybridized carbons (Fsp3) is 0.364. The van der Waals surface area contributed by atoms with Gasteiger partial charge in [0.2, 0.25) is 5.91 Å². The molecule has 3 heteroatoms. The standard InChI is InChI=1S/C11H16N2O/c1-7-3-4-8(2)9(5-7)10(12)6-11(13)14/h3-5,10H,6,12H2,1-2H3,(H2,13,14)/t10-/m1/s1. The second-order valence-corrected chi connectivity index (χ2v) is 3.64. The summed E-state index contributed by atoms with van der Waals surface area (Å²) < 4.78 is 0. The molecule has 14 heavy (non-hydrogen) atoms. The maximum atomic E-state index is 10.7. The average Bonchev–Trinajstić information content (AvgIpc) is 2.08. The van der Waals surface area contributed by atoms with Crippen molar-refractivity contribution in [2.75, 3.05) is 0 Å². The summed E-state index contributed by atoms with van der Waals surface area (Å²) in [6, 6.07) is 5.75. The Morgan fingerprint density at radius 3 is 2.64 bits per heavy atom. The Balaban J connectivity index is 2.93. The zero-order valence-corrected chi connectivity index (χ0v) is 8.58. The largest absolute Gasteiger partial charge is 0.370 e. The van der Waals surface area contributed by atoms with Gasteiger partial charge in [0.25, 0.3) is 0 Å². The smallest absolute Gasteiger partial charge is 0.219 e. The molecule has 1 atom stereocenters. The Morgan fingerprint density at radius 2 is 2.07 bits per heavy atom. The van der Waals surface area contributed by atoms with Crippen LogP contribution in [-0.2, 0) is 4.79 Å². The molecule has 0 unspecified atom stereocenters. The number of aryl methyl sites for hydroxylation is 2. The van der Waals surface area contributed by atoms with Gasteiger partial charge in [-0.1, -0.05) is 23.8 Å². The number of carbonyl (C=O) groups excluding carboxylic acids is 1. The molecular weight excluding hydrogens is 176 g/mol. The van der Waals surface area contributed by atoms with Gasteiger partial charge in [-0.3, -0.25) is 4.79 Å². The highest BCUT2D eigenvalue weighted by atomic mass is 16.1. The third-order valence-electron chi connectivity index (χ3n) is 2.26. The summed E-state index contributed by atoms with van der Waals surface area (Å²) in [6.07, 6.45) is 0.199. The molecule has 1 amide bonds. The Labute approximate surface area is 84.1 Å². The molecule has 0 aliphatic rings. The molecule has 1 rings (SSSR count). The van der Waals surface area contributed by atoms with Crippen molar-refractivity contribution in [3.63, 3.8) is 0 Å². The molecule has 3 nitrogen and oxygen atoms in total. The van der Waals surface area contributed by atoms with E-state index in [2.05, 4.69) is 0 Å². The normalized spacial score (nSPS) is 12.5. The number of hydrogen-bond donors (Lipinski definition) is 2. The first kappa shape index (κ1) is 10.7. The summed E-state index contributed by atoms with van der Waals surface area (Å²) in [6.45, 7) is 3.98. The lowest BCUT2D eigenvalue weighted by atomic mass is 9.97. The van der Waals surface area contributed by atoms with Crippen molar-refractivity contribution >= 4 is 5.91 Å². The predicted octanol–water partition coefficient (Wildman–Crippen LogP) is 1.18. The van der Waals surface area contributed by atoms with Crippen LogP contribution in [0.5, 0.6) is 0 Å². The molecule has 0 aromatic heterocycles. The van der Waals surface area contributed by atoms with Crippen LogP contribution in [0, 0.1) is 13.8 Å². The van der Waals surface area contributed by atoms with Gasteiger partial charge in [-0.25, -0.2) is 0 Å². The zero-order valence-electron chi connectivity index (χ0n) is 8.58. The first-order chi connectivity index (χ1) is 6.50. The highest BCUT2D eigenvalue weighted by Gasteiger charge is 2.11. The van der Waals surface area contributed by atoms with E-state index in [0.717, 1.165) is 16.7 Å². The van der Waals surface area contributed by atoms with E-state index >= 15 is 0 Å². The summed E-state index contributed by atoms with van der Waals surface area (Å²) in [7, 11) is 0. The lowest BCUT2D eigenvalue weighted by molar-refractivity contribution is -0.118. The third-order valence-corrected chi connectivity index (χ3v) is 2.26. The van der Waals surface area contributed by atoms with Crippen molar-refractivity contribution in [2.45, 2.75) is 26.3 Å². The predicted molar refractivity (Wildman–Crippen MR) is 56.7 cm³/mol. The van der Waals surface area contributed by atoms with Crippen LogP contribution in [0.15, 0.2) is 18.2 Å². The number of primary amides is 1. The minimum atomic E-state index is -0.363. The monoisotopic (exact) mass is 192 g/mol. The van der Waals surface area contributed by atoms with E-state index in [1.165, 1.54) is 0 Å². The number of amides is 1. The fourth-order valence-electron chi connectivity index (χ4n) is 1.49. The highest BCUT2D eigenvalue weighted by molar-refractivity contribution is 5.74. The molecule has 0 radical (unpaired) electrons. The van der Waals surface area contributed by atoms with Crippen LogP contribution in [-0.4, -0.2) is 5.91 Å². The van der Waals surface area contributed by atoms with Gasteiger partial charge in [0.15, 0.2) is 0 Å². The minimum Gasteiger partial charge on any atom is -0.370 e. The number of rotatable bonds is 3. The zero-order chi connectivity index (χ0) is 10.7. The van der Waals surface area contributed by atoms with Crippen molar-refractivity contribution in [2.24, 2.45) is 11.5 Å². The van der Waals surface area contributed by atoms with Gasteiger partial charge in [-0.2, -0.15) is 0 Å². The van der Waals surface area contributed by atoms with Gasteiger partial charge in [0.05, 0.1) is 0 Å². The molecule has 1 aromatic carbocycles. The number of benzene rings is 1. The van der Waals surface area contributed by atoms with Gasteiger partial charge in [0, 0.05) is 12.5 Å². The van der Waals surface area contributed by atoms with E-state index in [0.29, 0.717) is 0 Å². The van der Waals surface area contributed by atoms with E-state index in [1.807, 2.05) is 32.0 Å². The van der Waals surface area contributed by atoms with E-state index in [-0.39, 0.29) is 18.4 Å². The average molecular weight is 192 g/mol. The summed E-state index contributed by atoms with van der Waals surface area (Å²) >= 11 is 0. The second-order valence-electron chi connectivity index (χ2n) is 3.64. The third kappa shape index (κ3) is 2.57. The number of carbonyl (C=O) groups is 1. The molecular formula is C11H16N2O. The van der Waals surface area contributed by atoms with E-state index < -0.39 is 0 Å². The number of hydrogen-bond acceptors (Lipinski definition) is 2. The summed E-state index contributed by atoms with van der Waals surface area (Å²) in [5, 5.41) is 0. The van der Waals surface area contributed by atoms with Gasteiger partial charge in [0.1, 0.15) is 0 Å². The van der Waals surface area contributed by atoms with E-state index in [1.54, 1.807) is 0 Å². The Hall–Kier alpha value is -1.35. The van der Waals surface area contributed by atoms with Crippen LogP contribution in [0.2, 0.25) is 0 Å². The van der Waals surface area contributed by atoms with Gasteiger partial charge in [-0.05, 0) is 25.0 Å². The van der Waals surface area contributed by atoms with Crippen molar-refractivity contribution in [3.05, 3.63) is 34.9 Å². The van der Waals surface area contributed by atoms with Crippen LogP contribution >= 0.6 is 0 Å². The second kappa shape index (κ2) is 4.24. The Kier molecular flexibility index (Phi) is 3.25. The fourth-order valence-corrected chi connectivity index (χ4v) is 1.49. The molecule has 0 saturated heterocycles. The van der Waals surface area contributed by atoms with Crippen LogP contribution < -0.4 is 11.5 Å². The van der Waals surface area contributed by atoms with Crippen LogP contribution in [0.4, 0.5) is 0 Å². The summed E-state index contributed by atoms with van der Waals surface area (Å²) in [5.41, 5.74) is 14.2. The van der Waals surface area contributed by atoms with Crippen molar-refractivity contribution in [1.82, 2.24) is 0 Å². The van der Waals surface area contributed by atoms with Crippen LogP contribution in [0.3, 0.4) is 0 Å². The maximum Gasteiger partial charge on any atom is 0.219 e. The lowest BCUT2D eigenvalue weighted by Gasteiger charge is -2.13. The summed E-state index contributed by atoms with van der Waals surface area (Å²) in [4.78, 5) is 10.7. The highest BCUT2D eigenvalue weighted by Crippen LogP contribution is 2.19. The molecule has 1 aromatic rings. The first-order valence-electron chi connectivity index (χ1n) is 4.61. The lowest BCUT2D eigenvalue weighted by Crippen LogP contribution is -2.21. The molecule has 0 bridgehead atoms. The van der Waals surface area contributed by atoms with Crippen molar-refractivity contribution in [1.29, 1.82) is 0 Å². The number of nitrogens with two attached hydrogens (primary N) is 2. The molecule has 0 aliphatic carbocycles. The van der Waals surface area contributed by atoms with Gasteiger partial charge >= 0.3 is 0 Å². The molecule has 0 aliphatic heterocycles. The summed E-state index contributed by atoms with van der Waals surface area (Å²) in [5.74, 6) is -0.363. The maximum absolute atomic E-state index is 10.7. The quantitative estimate of drug-likeness (QED) is 0.755. The van der Waals surface area contributed by atoms with Crippen molar-refractivity contribution < 1.29 is 4.79 Å². The molecule has 0 spiro atoms. The van der Waals surface area contributed by atoms with E-state index in [9.17, 15) is 4.79 Å². The molecule has 0 heterocycles. The van der Waals surface area contributed by atoms with Gasteiger partial charge in [-0.15, -0.1) is 0 Å². The SMILES string of the molecule is Cc1ccc(C)c([C@H](N)CC(N)=O)c1. The Morgan fingerprint density at radius 1 is 1.43 bits per heavy atom. The van der Waals surface area contributed by atoms with Gasteiger partial charge < -0.3 is 11.5 Å². The molecule has 0 fully saturated rings. The van der Waals surface area contributed by atoms with Crippen LogP contribution in [0.1, 0.15) is 29.2 Å². The van der Waals surface area contributed by atoms with Crippen LogP contribution in [0.25, 0.3) is 0 Å².